The van der Waals surface area contributed by atoms with Crippen LogP contribution in [0, 0.1) is 0 Å². The number of carbonyl (C=O) groups excluding carboxylic acids is 2. The first kappa shape index (κ1) is 21.1. The van der Waals surface area contributed by atoms with Gasteiger partial charge in [0.2, 0.25) is 5.76 Å². The molecule has 15 heteroatoms. The van der Waals surface area contributed by atoms with Crippen molar-refractivity contribution in [2.45, 2.75) is 22.6 Å². The Bertz CT molecular complexity index is 1420. The molecule has 4 aromatic heterocycles. The number of fused-ring (bicyclic) bond motifs is 2. The molecular weight excluding hydrogens is 472 g/mol. The van der Waals surface area contributed by atoms with Crippen LogP contribution in [0.25, 0.3) is 22.3 Å². The maximum Gasteiger partial charge on any atom is 0.375 e. The summed E-state index contributed by atoms with van der Waals surface area (Å²) < 4.78 is 10.7. The number of rotatable bonds is 7. The molecule has 1 unspecified atom stereocenters. The molecule has 0 aromatic carbocycles. The van der Waals surface area contributed by atoms with Gasteiger partial charge >= 0.3 is 11.9 Å². The maximum atomic E-state index is 13.1. The van der Waals surface area contributed by atoms with E-state index < -0.39 is 23.3 Å². The molecule has 0 fully saturated rings. The second kappa shape index (κ2) is 8.32. The van der Waals surface area contributed by atoms with Crippen LogP contribution in [0.15, 0.2) is 46.0 Å². The van der Waals surface area contributed by atoms with Gasteiger partial charge in [0.05, 0.1) is 29.9 Å². The summed E-state index contributed by atoms with van der Waals surface area (Å²) in [6, 6.07) is 0. The Kier molecular flexibility index (Phi) is 5.33. The highest BCUT2D eigenvalue weighted by molar-refractivity contribution is 8.03. The number of cyclic esters (lactones) is 1. The van der Waals surface area contributed by atoms with Crippen molar-refractivity contribution in [3.8, 4) is 0 Å². The van der Waals surface area contributed by atoms with Gasteiger partial charge in [-0.1, -0.05) is 23.5 Å². The van der Waals surface area contributed by atoms with E-state index in [0.717, 1.165) is 23.5 Å². The summed E-state index contributed by atoms with van der Waals surface area (Å²) >= 11 is 2.01. The number of aliphatic hydroxyl groups excluding tert-OH is 1. The largest absolute Gasteiger partial charge is 0.501 e. The lowest BCUT2D eigenvalue weighted by atomic mass is 10.1. The molecule has 3 N–H and O–H groups in total. The predicted molar refractivity (Wildman–Crippen MR) is 115 cm³/mol. The molecule has 0 saturated carbocycles. The Morgan fingerprint density at radius 3 is 2.36 bits per heavy atom. The molecule has 13 nitrogen and oxygen atoms in total. The van der Waals surface area contributed by atoms with E-state index in [4.69, 9.17) is 9.47 Å². The SMILES string of the molecule is CCOC(=O)C1(CSc2ncnc3nc[nH]c23)OC(=O)C(O)=C1Sc1ncnc2nc[nH]c12. The number of aromatic amines is 2. The highest BCUT2D eigenvalue weighted by Gasteiger charge is 2.56. The van der Waals surface area contributed by atoms with Gasteiger partial charge in [-0.3, -0.25) is 0 Å². The lowest BCUT2D eigenvalue weighted by molar-refractivity contribution is -0.169. The van der Waals surface area contributed by atoms with Gasteiger partial charge in [0.25, 0.3) is 5.60 Å². The van der Waals surface area contributed by atoms with Crippen molar-refractivity contribution in [2.75, 3.05) is 12.4 Å². The average molecular weight is 486 g/mol. The molecule has 5 rings (SSSR count). The fraction of sp³-hybridized carbons (Fsp3) is 0.222. The van der Waals surface area contributed by atoms with Crippen LogP contribution < -0.4 is 0 Å². The van der Waals surface area contributed by atoms with E-state index >= 15 is 0 Å². The molecule has 168 valence electrons. The highest BCUT2D eigenvalue weighted by Crippen LogP contribution is 2.46. The normalized spacial score (nSPS) is 18.3. The first-order valence-corrected chi connectivity index (χ1v) is 11.3. The molecule has 0 amide bonds. The number of aliphatic hydroxyl groups is 1. The average Bonchev–Trinajstić information content (AvgIpc) is 3.54. The van der Waals surface area contributed by atoms with Crippen LogP contribution >= 0.6 is 23.5 Å². The van der Waals surface area contributed by atoms with E-state index in [1.165, 1.54) is 25.3 Å². The zero-order valence-corrected chi connectivity index (χ0v) is 18.4. The molecule has 1 aliphatic rings. The number of hydrogen-bond acceptors (Lipinski definition) is 13. The van der Waals surface area contributed by atoms with Crippen LogP contribution in [0.3, 0.4) is 0 Å². The molecule has 0 aliphatic carbocycles. The third-order valence-electron chi connectivity index (χ3n) is 4.63. The van der Waals surface area contributed by atoms with Crippen molar-refractivity contribution in [1.29, 1.82) is 0 Å². The van der Waals surface area contributed by atoms with Crippen molar-refractivity contribution in [1.82, 2.24) is 39.9 Å². The zero-order valence-electron chi connectivity index (χ0n) is 16.8. The van der Waals surface area contributed by atoms with Crippen molar-refractivity contribution < 1.29 is 24.2 Å². The number of aromatic nitrogens is 8. The van der Waals surface area contributed by atoms with Gasteiger partial charge in [0.15, 0.2) is 11.3 Å². The first-order chi connectivity index (χ1) is 16.0. The van der Waals surface area contributed by atoms with E-state index in [1.54, 1.807) is 6.92 Å². The monoisotopic (exact) mass is 486 g/mol. The van der Waals surface area contributed by atoms with E-state index in [1.807, 2.05) is 0 Å². The van der Waals surface area contributed by atoms with Gasteiger partial charge in [-0.15, -0.1) is 0 Å². The second-order valence-electron chi connectivity index (χ2n) is 6.57. The Morgan fingerprint density at radius 2 is 1.70 bits per heavy atom. The van der Waals surface area contributed by atoms with Gasteiger partial charge in [0, 0.05) is 0 Å². The lowest BCUT2D eigenvalue weighted by Gasteiger charge is -2.27. The summed E-state index contributed by atoms with van der Waals surface area (Å²) in [7, 11) is 0. The quantitative estimate of drug-likeness (QED) is 0.194. The third kappa shape index (κ3) is 3.54. The first-order valence-electron chi connectivity index (χ1n) is 9.46. The molecule has 0 spiro atoms. The molecule has 4 aromatic rings. The zero-order chi connectivity index (χ0) is 23.0. The number of hydrogen-bond donors (Lipinski definition) is 3. The minimum absolute atomic E-state index is 0.0398. The van der Waals surface area contributed by atoms with Crippen LogP contribution in [0.4, 0.5) is 0 Å². The lowest BCUT2D eigenvalue weighted by Crippen LogP contribution is -2.44. The number of esters is 2. The summed E-state index contributed by atoms with van der Waals surface area (Å²) in [6.07, 6.45) is 5.53. The molecule has 0 bridgehead atoms. The summed E-state index contributed by atoms with van der Waals surface area (Å²) in [4.78, 5) is 56.1. The molecule has 1 aliphatic heterocycles. The maximum absolute atomic E-state index is 13.1. The van der Waals surface area contributed by atoms with E-state index in [2.05, 4.69) is 39.9 Å². The Labute approximate surface area is 192 Å². The van der Waals surface area contributed by atoms with Gasteiger partial charge in [-0.2, -0.15) is 0 Å². The number of H-pyrrole nitrogens is 2. The predicted octanol–water partition coefficient (Wildman–Crippen LogP) is 1.53. The van der Waals surface area contributed by atoms with Crippen molar-refractivity contribution in [3.05, 3.63) is 36.0 Å². The fourth-order valence-electron chi connectivity index (χ4n) is 3.14. The summed E-state index contributed by atoms with van der Waals surface area (Å²) in [5.74, 6) is -2.71. The number of nitrogens with one attached hydrogen (secondary N) is 2. The smallest absolute Gasteiger partial charge is 0.375 e. The highest BCUT2D eigenvalue weighted by atomic mass is 32.2. The standard InChI is InChI=1S/C18H14N8O5S2/c1-2-30-17(29)18(3-32-14-8-12(21-4-19-8)23-6-25-14)11(10(27)16(28)31-18)33-15-9-13(22-5-20-9)24-7-26-15/h4-7,27H,2-3H2,1H3,(H,19,21,23,25)(H,20,22,24,26). The van der Waals surface area contributed by atoms with E-state index in [9.17, 15) is 14.7 Å². The topological polar surface area (TPSA) is 182 Å². The molecule has 0 radical (unpaired) electrons. The van der Waals surface area contributed by atoms with Gasteiger partial charge in [-0.05, 0) is 6.92 Å². The molecule has 5 heterocycles. The molecule has 1 atom stereocenters. The van der Waals surface area contributed by atoms with E-state index in [-0.39, 0.29) is 17.3 Å². The van der Waals surface area contributed by atoms with Crippen LogP contribution in [0.5, 0.6) is 0 Å². The Balaban J connectivity index is 1.55. The third-order valence-corrected chi connectivity index (χ3v) is 7.00. The fourth-order valence-corrected chi connectivity index (χ4v) is 5.40. The van der Waals surface area contributed by atoms with Crippen molar-refractivity contribution >= 4 is 57.8 Å². The Hall–Kier alpha value is -3.72. The van der Waals surface area contributed by atoms with Crippen molar-refractivity contribution in [3.63, 3.8) is 0 Å². The minimum Gasteiger partial charge on any atom is -0.501 e. The molecule has 0 saturated heterocycles. The van der Waals surface area contributed by atoms with Crippen LogP contribution in [-0.4, -0.2) is 74.9 Å². The second-order valence-corrected chi connectivity index (χ2v) is 8.53. The number of thioether (sulfide) groups is 2. The molecular formula is C18H14N8O5S2. The summed E-state index contributed by atoms with van der Waals surface area (Å²) in [5.41, 5.74) is -0.0693. The van der Waals surface area contributed by atoms with Crippen LogP contribution in [-0.2, 0) is 19.1 Å². The van der Waals surface area contributed by atoms with Gasteiger partial charge < -0.3 is 24.5 Å². The van der Waals surface area contributed by atoms with Gasteiger partial charge in [0.1, 0.15) is 33.7 Å². The summed E-state index contributed by atoms with van der Waals surface area (Å²) in [6.45, 7) is 1.67. The number of nitrogens with zero attached hydrogens (tertiary/aromatic N) is 6. The van der Waals surface area contributed by atoms with E-state index in [0.29, 0.717) is 32.4 Å². The number of imidazole rings is 2. The Morgan fingerprint density at radius 1 is 1.06 bits per heavy atom. The molecule has 33 heavy (non-hydrogen) atoms. The summed E-state index contributed by atoms with van der Waals surface area (Å²) in [5, 5.41) is 11.4. The van der Waals surface area contributed by atoms with Crippen LogP contribution in [0.1, 0.15) is 6.92 Å². The minimum atomic E-state index is -1.93. The van der Waals surface area contributed by atoms with Crippen molar-refractivity contribution in [2.24, 2.45) is 0 Å². The number of carbonyl (C=O) groups is 2. The van der Waals surface area contributed by atoms with Gasteiger partial charge in [-0.25, -0.2) is 39.5 Å². The van der Waals surface area contributed by atoms with Crippen LogP contribution in [0.2, 0.25) is 0 Å². The number of ether oxygens (including phenoxy) is 2.